The molecule has 1 heterocycles. The molecule has 0 saturated carbocycles. The Kier molecular flexibility index (Phi) is 5.92. The molecule has 1 unspecified atom stereocenters. The molecule has 8 nitrogen and oxygen atoms in total. The van der Waals surface area contributed by atoms with Gasteiger partial charge in [-0.3, -0.25) is 4.79 Å². The molecule has 0 radical (unpaired) electrons. The van der Waals surface area contributed by atoms with Gasteiger partial charge < -0.3 is 29.6 Å². The molecule has 0 bridgehead atoms. The van der Waals surface area contributed by atoms with Gasteiger partial charge in [0.1, 0.15) is 11.9 Å². The fourth-order valence-electron chi connectivity index (χ4n) is 3.01. The summed E-state index contributed by atoms with van der Waals surface area (Å²) >= 11 is 0. The molecule has 2 aromatic carbocycles. The SMILES string of the molecule is COC(=O)c1ccc(C2NC=C(C(=O)c3cc(OC)c(OC)c(OC)c3)N2)cc1. The number of hydrogen-bond acceptors (Lipinski definition) is 8. The highest BCUT2D eigenvalue weighted by atomic mass is 16.5. The second-order valence-electron chi connectivity index (χ2n) is 6.16. The summed E-state index contributed by atoms with van der Waals surface area (Å²) in [5.74, 6) is 0.584. The predicted octanol–water partition coefficient (Wildman–Crippen LogP) is 2.41. The average molecular weight is 398 g/mol. The molecule has 1 atom stereocenters. The highest BCUT2D eigenvalue weighted by molar-refractivity contribution is 6.09. The summed E-state index contributed by atoms with van der Waals surface area (Å²) in [5.41, 5.74) is 2.10. The number of hydrogen-bond donors (Lipinski definition) is 2. The third-order valence-corrected chi connectivity index (χ3v) is 4.53. The lowest BCUT2D eigenvalue weighted by molar-refractivity contribution is 0.0600. The molecule has 3 rings (SSSR count). The topological polar surface area (TPSA) is 95.1 Å². The number of carbonyl (C=O) groups excluding carboxylic acids is 2. The summed E-state index contributed by atoms with van der Waals surface area (Å²) in [6.45, 7) is 0. The Morgan fingerprint density at radius 3 is 2.00 bits per heavy atom. The van der Waals surface area contributed by atoms with E-state index in [0.717, 1.165) is 5.56 Å². The van der Waals surface area contributed by atoms with Gasteiger partial charge in [0.15, 0.2) is 11.5 Å². The zero-order valence-corrected chi connectivity index (χ0v) is 16.6. The molecule has 8 heteroatoms. The molecule has 0 aromatic heterocycles. The van der Waals surface area contributed by atoms with Crippen LogP contribution in [-0.2, 0) is 4.74 Å². The van der Waals surface area contributed by atoms with Crippen LogP contribution in [0.3, 0.4) is 0 Å². The number of benzene rings is 2. The van der Waals surface area contributed by atoms with E-state index in [4.69, 9.17) is 18.9 Å². The van der Waals surface area contributed by atoms with Crippen molar-refractivity contribution in [2.75, 3.05) is 28.4 Å². The van der Waals surface area contributed by atoms with Crippen molar-refractivity contribution in [3.8, 4) is 17.2 Å². The maximum atomic E-state index is 13.0. The number of esters is 1. The van der Waals surface area contributed by atoms with E-state index in [1.54, 1.807) is 42.6 Å². The number of rotatable bonds is 7. The summed E-state index contributed by atoms with van der Waals surface area (Å²) in [5, 5.41) is 6.26. The van der Waals surface area contributed by atoms with Gasteiger partial charge in [0.25, 0.3) is 0 Å². The van der Waals surface area contributed by atoms with Crippen molar-refractivity contribution < 1.29 is 28.5 Å². The number of nitrogens with one attached hydrogen (secondary N) is 2. The van der Waals surface area contributed by atoms with Gasteiger partial charge in [-0.1, -0.05) is 12.1 Å². The Labute approximate surface area is 168 Å². The van der Waals surface area contributed by atoms with Gasteiger partial charge >= 0.3 is 5.97 Å². The number of Topliss-reactive ketones (excluding diaryl/α,β-unsaturated/α-hetero) is 1. The normalized spacial score (nSPS) is 14.9. The minimum atomic E-state index is -0.403. The first-order valence-electron chi connectivity index (χ1n) is 8.78. The zero-order chi connectivity index (χ0) is 21.0. The molecular weight excluding hydrogens is 376 g/mol. The first-order valence-corrected chi connectivity index (χ1v) is 8.78. The van der Waals surface area contributed by atoms with Crippen LogP contribution in [0.2, 0.25) is 0 Å². The van der Waals surface area contributed by atoms with Gasteiger partial charge in [-0.25, -0.2) is 4.79 Å². The molecule has 0 aliphatic carbocycles. The van der Waals surface area contributed by atoms with Crippen molar-refractivity contribution in [1.82, 2.24) is 10.6 Å². The smallest absolute Gasteiger partial charge is 0.337 e. The minimum Gasteiger partial charge on any atom is -0.493 e. The lowest BCUT2D eigenvalue weighted by Gasteiger charge is -2.16. The lowest BCUT2D eigenvalue weighted by atomic mass is 10.1. The third kappa shape index (κ3) is 3.96. The van der Waals surface area contributed by atoms with Crippen molar-refractivity contribution in [2.24, 2.45) is 0 Å². The van der Waals surface area contributed by atoms with E-state index < -0.39 is 5.97 Å². The Morgan fingerprint density at radius 2 is 1.48 bits per heavy atom. The molecule has 0 saturated heterocycles. The summed E-state index contributed by atoms with van der Waals surface area (Å²) in [6, 6.07) is 10.1. The van der Waals surface area contributed by atoms with Gasteiger partial charge in [-0.15, -0.1) is 0 Å². The van der Waals surface area contributed by atoms with Crippen molar-refractivity contribution >= 4 is 11.8 Å². The van der Waals surface area contributed by atoms with E-state index in [0.29, 0.717) is 34.1 Å². The fourth-order valence-corrected chi connectivity index (χ4v) is 3.01. The average Bonchev–Trinajstić information content (AvgIpc) is 3.27. The number of allylic oxidation sites excluding steroid dienone is 1. The van der Waals surface area contributed by atoms with Gasteiger partial charge in [-0.05, 0) is 29.8 Å². The van der Waals surface area contributed by atoms with Gasteiger partial charge in [-0.2, -0.15) is 0 Å². The van der Waals surface area contributed by atoms with E-state index in [1.165, 1.54) is 28.4 Å². The van der Waals surface area contributed by atoms with Crippen LogP contribution in [0.25, 0.3) is 0 Å². The lowest BCUT2D eigenvalue weighted by Crippen LogP contribution is -2.25. The maximum Gasteiger partial charge on any atom is 0.337 e. The van der Waals surface area contributed by atoms with Crippen molar-refractivity contribution in [1.29, 1.82) is 0 Å². The molecule has 1 aliphatic heterocycles. The summed E-state index contributed by atoms with van der Waals surface area (Å²) < 4.78 is 20.6. The van der Waals surface area contributed by atoms with Gasteiger partial charge in [0.05, 0.1) is 34.0 Å². The van der Waals surface area contributed by atoms with Gasteiger partial charge in [0, 0.05) is 11.8 Å². The van der Waals surface area contributed by atoms with E-state index in [9.17, 15) is 9.59 Å². The van der Waals surface area contributed by atoms with Crippen molar-refractivity contribution in [3.05, 3.63) is 65.0 Å². The second-order valence-corrected chi connectivity index (χ2v) is 6.16. The molecule has 0 amide bonds. The van der Waals surface area contributed by atoms with Crippen LogP contribution in [0.5, 0.6) is 17.2 Å². The third-order valence-electron chi connectivity index (χ3n) is 4.53. The molecule has 29 heavy (non-hydrogen) atoms. The highest BCUT2D eigenvalue weighted by Gasteiger charge is 2.25. The fraction of sp³-hybridized carbons (Fsp3) is 0.238. The summed E-state index contributed by atoms with van der Waals surface area (Å²) in [7, 11) is 5.83. The van der Waals surface area contributed by atoms with Crippen molar-refractivity contribution in [3.63, 3.8) is 0 Å². The quantitative estimate of drug-likeness (QED) is 0.542. The monoisotopic (exact) mass is 398 g/mol. The van der Waals surface area contributed by atoms with E-state index in [-0.39, 0.29) is 11.9 Å². The Morgan fingerprint density at radius 1 is 0.862 bits per heavy atom. The molecule has 1 aliphatic rings. The Balaban J connectivity index is 1.78. The van der Waals surface area contributed by atoms with Crippen LogP contribution >= 0.6 is 0 Å². The van der Waals surface area contributed by atoms with Crippen LogP contribution in [0.1, 0.15) is 32.4 Å². The van der Waals surface area contributed by atoms with Gasteiger partial charge in [0.2, 0.25) is 11.5 Å². The van der Waals surface area contributed by atoms with E-state index in [1.807, 2.05) is 0 Å². The largest absolute Gasteiger partial charge is 0.493 e. The predicted molar refractivity (Wildman–Crippen MR) is 105 cm³/mol. The van der Waals surface area contributed by atoms with E-state index >= 15 is 0 Å². The van der Waals surface area contributed by atoms with E-state index in [2.05, 4.69) is 10.6 Å². The second kappa shape index (κ2) is 8.55. The zero-order valence-electron chi connectivity index (χ0n) is 16.6. The molecule has 2 N–H and O–H groups in total. The standard InChI is InChI=1S/C21H22N2O6/c1-26-16-9-14(10-17(27-2)19(16)28-3)18(24)15-11-22-20(23-15)12-5-7-13(8-6-12)21(25)29-4/h5-11,20,22-23H,1-4H3. The summed E-state index contributed by atoms with van der Waals surface area (Å²) in [4.78, 5) is 24.5. The van der Waals surface area contributed by atoms with Crippen molar-refractivity contribution in [2.45, 2.75) is 6.17 Å². The first-order chi connectivity index (χ1) is 14.0. The number of ketones is 1. The van der Waals surface area contributed by atoms with Crippen LogP contribution in [-0.4, -0.2) is 40.2 Å². The molecule has 2 aromatic rings. The molecule has 0 fully saturated rings. The van der Waals surface area contributed by atoms with Crippen LogP contribution in [0.15, 0.2) is 48.3 Å². The highest BCUT2D eigenvalue weighted by Crippen LogP contribution is 2.38. The first kappa shape index (κ1) is 20.1. The van der Waals surface area contributed by atoms with Crippen LogP contribution < -0.4 is 24.8 Å². The Bertz CT molecular complexity index is 927. The number of ether oxygens (including phenoxy) is 4. The van der Waals surface area contributed by atoms with Crippen LogP contribution in [0, 0.1) is 0 Å². The number of carbonyl (C=O) groups is 2. The molecule has 0 spiro atoms. The maximum absolute atomic E-state index is 13.0. The summed E-state index contributed by atoms with van der Waals surface area (Å²) in [6.07, 6.45) is 1.31. The Hall–Kier alpha value is -3.68. The molecular formula is C21H22N2O6. The minimum absolute atomic E-state index is 0.231. The molecule has 152 valence electrons. The number of methoxy groups -OCH3 is 4. The van der Waals surface area contributed by atoms with Crippen LogP contribution in [0.4, 0.5) is 0 Å².